The second kappa shape index (κ2) is 13.1. The van der Waals surface area contributed by atoms with Gasteiger partial charge in [-0.25, -0.2) is 4.79 Å². The molecule has 10 heteroatoms. The van der Waals surface area contributed by atoms with Crippen molar-refractivity contribution in [2.75, 3.05) is 49.5 Å². The van der Waals surface area contributed by atoms with Crippen LogP contribution < -0.4 is 15.5 Å². The molecule has 3 aromatic rings. The van der Waals surface area contributed by atoms with E-state index in [4.69, 9.17) is 4.74 Å². The van der Waals surface area contributed by atoms with Crippen molar-refractivity contribution in [3.05, 3.63) is 54.1 Å². The number of amides is 2. The molecule has 37 heavy (non-hydrogen) atoms. The number of nitrogens with one attached hydrogen (secondary N) is 2. The lowest BCUT2D eigenvalue weighted by molar-refractivity contribution is 0.0635. The maximum atomic E-state index is 12.5. The molecule has 200 valence electrons. The third kappa shape index (κ3) is 8.31. The predicted molar refractivity (Wildman–Crippen MR) is 153 cm³/mol. The second-order valence-corrected chi connectivity index (χ2v) is 10.8. The fourth-order valence-corrected chi connectivity index (χ4v) is 5.00. The molecule has 4 rings (SSSR count). The molecule has 8 nitrogen and oxygen atoms in total. The number of unbranched alkanes of at least 4 members (excludes halogenated alkanes) is 1. The number of fused-ring (bicyclic) bond motifs is 1. The zero-order chi connectivity index (χ0) is 25.5. The van der Waals surface area contributed by atoms with Gasteiger partial charge in [-0.05, 0) is 82.0 Å². The summed E-state index contributed by atoms with van der Waals surface area (Å²) >= 11 is 1.57. The molecule has 1 fully saturated rings. The van der Waals surface area contributed by atoms with Crippen LogP contribution in [0.1, 0.15) is 44.0 Å². The number of benzene rings is 2. The first kappa shape index (κ1) is 28.7. The van der Waals surface area contributed by atoms with E-state index in [2.05, 4.69) is 49.1 Å². The van der Waals surface area contributed by atoms with Gasteiger partial charge in [0, 0.05) is 49.4 Å². The van der Waals surface area contributed by atoms with Crippen LogP contribution in [0.3, 0.4) is 0 Å². The lowest BCUT2D eigenvalue weighted by atomic mass is 10.2. The Morgan fingerprint density at radius 1 is 1.03 bits per heavy atom. The molecule has 2 heterocycles. The number of anilines is 2. The third-order valence-electron chi connectivity index (χ3n) is 5.99. The summed E-state index contributed by atoms with van der Waals surface area (Å²) in [6, 6.07) is 15.3. The number of piperazine rings is 1. The first-order valence-corrected chi connectivity index (χ1v) is 13.3. The molecule has 0 aliphatic carbocycles. The van der Waals surface area contributed by atoms with Gasteiger partial charge >= 0.3 is 6.09 Å². The van der Waals surface area contributed by atoms with Gasteiger partial charge in [-0.15, -0.1) is 12.4 Å². The van der Waals surface area contributed by atoms with Crippen molar-refractivity contribution >= 4 is 57.5 Å². The Labute approximate surface area is 228 Å². The van der Waals surface area contributed by atoms with Crippen LogP contribution >= 0.6 is 23.9 Å². The highest BCUT2D eigenvalue weighted by Gasteiger charge is 2.20. The molecule has 1 aliphatic heterocycles. The molecule has 0 radical (unpaired) electrons. The van der Waals surface area contributed by atoms with Crippen LogP contribution in [-0.2, 0) is 4.74 Å². The quantitative estimate of drug-likeness (QED) is 0.369. The molecule has 0 spiro atoms. The zero-order valence-electron chi connectivity index (χ0n) is 21.7. The normalized spacial score (nSPS) is 14.2. The minimum atomic E-state index is -0.581. The Kier molecular flexibility index (Phi) is 10.1. The highest BCUT2D eigenvalue weighted by molar-refractivity contribution is 7.13. The number of rotatable bonds is 8. The van der Waals surface area contributed by atoms with Crippen LogP contribution in [0, 0.1) is 0 Å². The summed E-state index contributed by atoms with van der Waals surface area (Å²) in [5, 5.41) is 6.90. The average Bonchev–Trinajstić information content (AvgIpc) is 3.27. The lowest BCUT2D eigenvalue weighted by Crippen LogP contribution is -2.46. The molecule has 2 aromatic carbocycles. The summed E-state index contributed by atoms with van der Waals surface area (Å²) in [5.41, 5.74) is 0.457. The van der Waals surface area contributed by atoms with Gasteiger partial charge in [0.2, 0.25) is 0 Å². The lowest BCUT2D eigenvalue weighted by Gasteiger charge is -2.35. The summed E-state index contributed by atoms with van der Waals surface area (Å²) < 4.78 is 11.2. The van der Waals surface area contributed by atoms with E-state index < -0.39 is 11.7 Å². The van der Waals surface area contributed by atoms with Gasteiger partial charge in [-0.3, -0.25) is 15.0 Å². The van der Waals surface area contributed by atoms with Crippen molar-refractivity contribution in [2.45, 2.75) is 39.2 Å². The van der Waals surface area contributed by atoms with Crippen LogP contribution in [0.25, 0.3) is 10.1 Å². The van der Waals surface area contributed by atoms with E-state index in [1.807, 2.05) is 0 Å². The van der Waals surface area contributed by atoms with Gasteiger partial charge in [-0.2, -0.15) is 4.37 Å². The maximum Gasteiger partial charge on any atom is 0.412 e. The smallest absolute Gasteiger partial charge is 0.412 e. The summed E-state index contributed by atoms with van der Waals surface area (Å²) in [6.45, 7) is 11.1. The number of hydrogen-bond donors (Lipinski definition) is 2. The highest BCUT2D eigenvalue weighted by Crippen LogP contribution is 2.29. The van der Waals surface area contributed by atoms with Crippen LogP contribution in [0.2, 0.25) is 0 Å². The van der Waals surface area contributed by atoms with Crippen LogP contribution in [0.5, 0.6) is 0 Å². The number of nitrogens with zero attached hydrogens (tertiary/aromatic N) is 3. The van der Waals surface area contributed by atoms with Crippen LogP contribution in [-0.4, -0.2) is 66.1 Å². The SMILES string of the molecule is CC(C)(C)OC(=O)Nc1cccc(C(=O)NCCCCN2CCN(c3nsc4ccccc34)CC2)c1.Cl. The fraction of sp³-hybridized carbons (Fsp3) is 0.444. The highest BCUT2D eigenvalue weighted by atomic mass is 35.5. The van der Waals surface area contributed by atoms with E-state index in [1.165, 1.54) is 10.1 Å². The first-order chi connectivity index (χ1) is 17.3. The van der Waals surface area contributed by atoms with Gasteiger partial charge in [-0.1, -0.05) is 18.2 Å². The van der Waals surface area contributed by atoms with Crippen LogP contribution in [0.15, 0.2) is 48.5 Å². The second-order valence-electron chi connectivity index (χ2n) is 10.0. The van der Waals surface area contributed by atoms with Crippen LogP contribution in [0.4, 0.5) is 16.3 Å². The number of carbonyl (C=O) groups excluding carboxylic acids is 2. The minimum absolute atomic E-state index is 0. The van der Waals surface area contributed by atoms with Crippen molar-refractivity contribution in [2.24, 2.45) is 0 Å². The molecular formula is C27H36ClN5O3S. The summed E-state index contributed by atoms with van der Waals surface area (Å²) in [7, 11) is 0. The molecule has 1 saturated heterocycles. The van der Waals surface area contributed by atoms with Gasteiger partial charge < -0.3 is 15.0 Å². The molecular weight excluding hydrogens is 510 g/mol. The van der Waals surface area contributed by atoms with Gasteiger partial charge in [0.1, 0.15) is 11.4 Å². The molecule has 0 bridgehead atoms. The maximum absolute atomic E-state index is 12.5. The summed E-state index contributed by atoms with van der Waals surface area (Å²) in [5.74, 6) is 0.968. The Morgan fingerprint density at radius 3 is 2.54 bits per heavy atom. The molecule has 1 aliphatic rings. The number of aromatic nitrogens is 1. The van der Waals surface area contributed by atoms with E-state index in [0.29, 0.717) is 17.8 Å². The fourth-order valence-electron chi connectivity index (χ4n) is 4.21. The Morgan fingerprint density at radius 2 is 1.78 bits per heavy atom. The molecule has 1 aromatic heterocycles. The first-order valence-electron chi connectivity index (χ1n) is 12.5. The van der Waals surface area contributed by atoms with E-state index >= 15 is 0 Å². The van der Waals surface area contributed by atoms with E-state index in [0.717, 1.165) is 51.4 Å². The number of halogens is 1. The van der Waals surface area contributed by atoms with Gasteiger partial charge in [0.15, 0.2) is 0 Å². The van der Waals surface area contributed by atoms with Crippen molar-refractivity contribution in [3.63, 3.8) is 0 Å². The van der Waals surface area contributed by atoms with Crippen molar-refractivity contribution in [3.8, 4) is 0 Å². The van der Waals surface area contributed by atoms with Gasteiger partial charge in [0.05, 0.1) is 4.70 Å². The topological polar surface area (TPSA) is 86.8 Å². The zero-order valence-corrected chi connectivity index (χ0v) is 23.3. The molecule has 2 amide bonds. The van der Waals surface area contributed by atoms with E-state index in [1.54, 1.807) is 56.6 Å². The van der Waals surface area contributed by atoms with Crippen molar-refractivity contribution < 1.29 is 14.3 Å². The third-order valence-corrected chi connectivity index (χ3v) is 6.80. The number of hydrogen-bond acceptors (Lipinski definition) is 7. The Bertz CT molecular complexity index is 1190. The van der Waals surface area contributed by atoms with Crippen molar-refractivity contribution in [1.82, 2.24) is 14.6 Å². The standard InChI is InChI=1S/C27H35N5O3S.ClH/c1-27(2,3)35-26(34)29-21-10-8-9-20(19-21)25(33)28-13-6-7-14-31-15-17-32(18-16-31)24-22-11-4-5-12-23(22)36-30-24;/h4-5,8-12,19H,6-7,13-18H2,1-3H3,(H,28,33)(H,29,34);1H. The summed E-state index contributed by atoms with van der Waals surface area (Å²) in [4.78, 5) is 29.4. The van der Waals surface area contributed by atoms with E-state index in [9.17, 15) is 9.59 Å². The molecule has 0 saturated carbocycles. The van der Waals surface area contributed by atoms with E-state index in [-0.39, 0.29) is 18.3 Å². The predicted octanol–water partition coefficient (Wildman–Crippen LogP) is 5.40. The monoisotopic (exact) mass is 545 g/mol. The van der Waals surface area contributed by atoms with Gasteiger partial charge in [0.25, 0.3) is 5.91 Å². The number of ether oxygens (including phenoxy) is 1. The minimum Gasteiger partial charge on any atom is -0.444 e. The average molecular weight is 546 g/mol. The van der Waals surface area contributed by atoms with Crippen molar-refractivity contribution in [1.29, 1.82) is 0 Å². The number of carbonyl (C=O) groups is 2. The largest absolute Gasteiger partial charge is 0.444 e. The summed E-state index contributed by atoms with van der Waals surface area (Å²) in [6.07, 6.45) is 1.40. The molecule has 2 N–H and O–H groups in total. The Hall–Kier alpha value is -2.88. The molecule has 0 unspecified atom stereocenters. The Balaban J connectivity index is 0.00000380. The molecule has 0 atom stereocenters.